The lowest BCUT2D eigenvalue weighted by Crippen LogP contribution is -2.67. The Morgan fingerprint density at radius 2 is 1.35 bits per heavy atom. The second-order valence-electron chi connectivity index (χ2n) is 8.90. The molecule has 5 atom stereocenters. The van der Waals surface area contributed by atoms with Crippen molar-refractivity contribution in [3.8, 4) is 5.75 Å². The molecule has 0 radical (unpaired) electrons. The van der Waals surface area contributed by atoms with E-state index in [2.05, 4.69) is 5.32 Å². The number of esters is 4. The fraction of sp³-hybridized carbons (Fsp3) is 0.393. The number of hydrogen-bond acceptors (Lipinski definition) is 11. The summed E-state index contributed by atoms with van der Waals surface area (Å²) < 4.78 is 32.6. The Labute approximate surface area is 230 Å². The van der Waals surface area contributed by atoms with Crippen molar-refractivity contribution in [2.75, 3.05) is 6.61 Å². The average Bonchev–Trinajstić information content (AvgIpc) is 2.89. The van der Waals surface area contributed by atoms with Crippen molar-refractivity contribution < 1.29 is 52.4 Å². The zero-order valence-electron chi connectivity index (χ0n) is 22.5. The molecule has 0 aromatic heterocycles. The lowest BCUT2D eigenvalue weighted by Gasteiger charge is -2.44. The number of nitrogens with one attached hydrogen (secondary N) is 1. The van der Waals surface area contributed by atoms with Gasteiger partial charge in [-0.1, -0.05) is 30.3 Å². The van der Waals surface area contributed by atoms with Gasteiger partial charge in [-0.15, -0.1) is 0 Å². The molecule has 1 aliphatic rings. The van der Waals surface area contributed by atoms with Crippen LogP contribution in [-0.2, 0) is 49.5 Å². The van der Waals surface area contributed by atoms with Crippen LogP contribution in [0.15, 0.2) is 54.6 Å². The van der Waals surface area contributed by atoms with E-state index < -0.39 is 67.0 Å². The number of benzene rings is 2. The van der Waals surface area contributed by atoms with Gasteiger partial charge in [0.25, 0.3) is 5.91 Å². The summed E-state index contributed by atoms with van der Waals surface area (Å²) in [5.41, 5.74) is 1.19. The van der Waals surface area contributed by atoms with Gasteiger partial charge in [-0.25, -0.2) is 0 Å². The number of ether oxygens (including phenoxy) is 6. The summed E-state index contributed by atoms with van der Waals surface area (Å²) in [6, 6.07) is 14.5. The summed E-state index contributed by atoms with van der Waals surface area (Å²) in [6.45, 7) is 4.46. The van der Waals surface area contributed by atoms with Crippen molar-refractivity contribution in [2.45, 2.75) is 64.9 Å². The van der Waals surface area contributed by atoms with E-state index >= 15 is 0 Å². The smallest absolute Gasteiger partial charge is 0.305 e. The highest BCUT2D eigenvalue weighted by molar-refractivity contribution is 5.94. The highest BCUT2D eigenvalue weighted by atomic mass is 16.7. The van der Waals surface area contributed by atoms with E-state index in [-0.39, 0.29) is 5.56 Å². The number of amides is 1. The van der Waals surface area contributed by atoms with Crippen molar-refractivity contribution >= 4 is 29.8 Å². The van der Waals surface area contributed by atoms with E-state index in [1.807, 2.05) is 30.3 Å². The Balaban J connectivity index is 1.83. The standard InChI is InChI=1S/C28H31NO11/c1-16(30)35-15-23-25(37-17(2)31)26(38-18(3)32)24(28(40-23)39-19(4)33)29-27(34)21-10-12-22(13-11-21)36-14-20-8-6-5-7-9-20/h5-13,23-26,28H,14-15H2,1-4H3,(H,29,34)/t23-,24+,25-,26-,28-/m0/s1. The number of carbonyl (C=O) groups excluding carboxylic acids is 5. The molecular weight excluding hydrogens is 526 g/mol. The SMILES string of the molecule is CC(=O)OC[C@@H]1O[C@H](OC(C)=O)[C@H](NC(=O)c2ccc(OCc3ccccc3)cc2)[C@H](OC(C)=O)[C@H]1OC(C)=O. The fourth-order valence-corrected chi connectivity index (χ4v) is 4.00. The Bertz CT molecular complexity index is 1200. The molecule has 0 bridgehead atoms. The minimum atomic E-state index is -1.48. The van der Waals surface area contributed by atoms with E-state index in [9.17, 15) is 24.0 Å². The minimum absolute atomic E-state index is 0.210. The molecule has 1 aliphatic heterocycles. The first-order valence-electron chi connectivity index (χ1n) is 12.4. The first-order chi connectivity index (χ1) is 19.0. The Morgan fingerprint density at radius 3 is 1.93 bits per heavy atom. The molecular formula is C28H31NO11. The third-order valence-corrected chi connectivity index (χ3v) is 5.65. The maximum absolute atomic E-state index is 13.2. The van der Waals surface area contributed by atoms with E-state index in [0.717, 1.165) is 33.3 Å². The van der Waals surface area contributed by atoms with Gasteiger partial charge in [0.1, 0.15) is 31.1 Å². The van der Waals surface area contributed by atoms with Gasteiger partial charge in [0.15, 0.2) is 12.2 Å². The lowest BCUT2D eigenvalue weighted by atomic mass is 9.95. The van der Waals surface area contributed by atoms with Crippen LogP contribution in [0.5, 0.6) is 5.75 Å². The van der Waals surface area contributed by atoms with Gasteiger partial charge >= 0.3 is 23.9 Å². The van der Waals surface area contributed by atoms with E-state index in [1.54, 1.807) is 12.1 Å². The molecule has 2 aromatic carbocycles. The normalized spacial score (nSPS) is 21.9. The van der Waals surface area contributed by atoms with Crippen LogP contribution in [0.2, 0.25) is 0 Å². The van der Waals surface area contributed by atoms with Gasteiger partial charge in [0.05, 0.1) is 0 Å². The molecule has 1 saturated heterocycles. The maximum Gasteiger partial charge on any atom is 0.305 e. The predicted octanol–water partition coefficient (Wildman–Crippen LogP) is 2.08. The predicted molar refractivity (Wildman–Crippen MR) is 137 cm³/mol. The molecule has 214 valence electrons. The molecule has 0 aliphatic carbocycles. The largest absolute Gasteiger partial charge is 0.489 e. The van der Waals surface area contributed by atoms with Gasteiger partial charge in [-0.2, -0.15) is 0 Å². The van der Waals surface area contributed by atoms with Crippen LogP contribution in [0.4, 0.5) is 0 Å². The molecule has 1 amide bonds. The van der Waals surface area contributed by atoms with Crippen molar-refractivity contribution in [1.82, 2.24) is 5.32 Å². The Morgan fingerprint density at radius 1 is 0.750 bits per heavy atom. The zero-order valence-corrected chi connectivity index (χ0v) is 22.5. The number of carbonyl (C=O) groups is 5. The molecule has 1 N–H and O–H groups in total. The highest BCUT2D eigenvalue weighted by Crippen LogP contribution is 2.28. The molecule has 1 heterocycles. The van der Waals surface area contributed by atoms with Gasteiger partial charge < -0.3 is 33.7 Å². The second kappa shape index (κ2) is 14.1. The van der Waals surface area contributed by atoms with Crippen molar-refractivity contribution in [1.29, 1.82) is 0 Å². The molecule has 0 spiro atoms. The monoisotopic (exact) mass is 557 g/mol. The Hall–Kier alpha value is -4.45. The topological polar surface area (TPSA) is 153 Å². The third-order valence-electron chi connectivity index (χ3n) is 5.65. The fourth-order valence-electron chi connectivity index (χ4n) is 4.00. The molecule has 3 rings (SSSR count). The summed E-state index contributed by atoms with van der Waals surface area (Å²) in [5.74, 6) is -3.03. The van der Waals surface area contributed by atoms with Crippen molar-refractivity contribution in [3.63, 3.8) is 0 Å². The van der Waals surface area contributed by atoms with Crippen LogP contribution in [0, 0.1) is 0 Å². The first kappa shape index (κ1) is 30.1. The summed E-state index contributed by atoms with van der Waals surface area (Å²) in [7, 11) is 0. The van der Waals surface area contributed by atoms with Crippen LogP contribution >= 0.6 is 0 Å². The van der Waals surface area contributed by atoms with Crippen LogP contribution < -0.4 is 10.1 Å². The summed E-state index contributed by atoms with van der Waals surface area (Å²) in [4.78, 5) is 60.4. The number of hydrogen-bond donors (Lipinski definition) is 1. The van der Waals surface area contributed by atoms with E-state index in [0.29, 0.717) is 12.4 Å². The van der Waals surface area contributed by atoms with Gasteiger partial charge in [0, 0.05) is 33.3 Å². The molecule has 0 unspecified atom stereocenters. The lowest BCUT2D eigenvalue weighted by molar-refractivity contribution is -0.270. The van der Waals surface area contributed by atoms with Gasteiger partial charge in [-0.3, -0.25) is 24.0 Å². The van der Waals surface area contributed by atoms with E-state index in [1.165, 1.54) is 12.1 Å². The van der Waals surface area contributed by atoms with Gasteiger partial charge in [-0.05, 0) is 29.8 Å². The molecule has 12 heteroatoms. The Kier molecular flexibility index (Phi) is 10.6. The quantitative estimate of drug-likeness (QED) is 0.337. The minimum Gasteiger partial charge on any atom is -0.489 e. The summed E-state index contributed by atoms with van der Waals surface area (Å²) in [5, 5.41) is 2.65. The molecule has 12 nitrogen and oxygen atoms in total. The molecule has 40 heavy (non-hydrogen) atoms. The van der Waals surface area contributed by atoms with Crippen LogP contribution in [0.3, 0.4) is 0 Å². The highest BCUT2D eigenvalue weighted by Gasteiger charge is 2.52. The molecule has 1 fully saturated rings. The summed E-state index contributed by atoms with van der Waals surface area (Å²) in [6.07, 6.45) is -5.34. The zero-order chi connectivity index (χ0) is 29.2. The molecule has 0 saturated carbocycles. The summed E-state index contributed by atoms with van der Waals surface area (Å²) >= 11 is 0. The van der Waals surface area contributed by atoms with Crippen molar-refractivity contribution in [3.05, 3.63) is 65.7 Å². The number of rotatable bonds is 10. The van der Waals surface area contributed by atoms with Crippen LogP contribution in [0.25, 0.3) is 0 Å². The van der Waals surface area contributed by atoms with Crippen LogP contribution in [-0.4, -0.2) is 67.0 Å². The van der Waals surface area contributed by atoms with Crippen molar-refractivity contribution in [2.24, 2.45) is 0 Å². The first-order valence-corrected chi connectivity index (χ1v) is 12.4. The van der Waals surface area contributed by atoms with E-state index in [4.69, 9.17) is 28.4 Å². The second-order valence-corrected chi connectivity index (χ2v) is 8.90. The average molecular weight is 558 g/mol. The maximum atomic E-state index is 13.2. The third kappa shape index (κ3) is 8.80. The van der Waals surface area contributed by atoms with Crippen LogP contribution in [0.1, 0.15) is 43.6 Å². The molecule has 2 aromatic rings. The van der Waals surface area contributed by atoms with Gasteiger partial charge in [0.2, 0.25) is 6.29 Å².